The van der Waals surface area contributed by atoms with Crippen molar-refractivity contribution >= 4 is 0 Å². The van der Waals surface area contributed by atoms with Crippen molar-refractivity contribution in [2.75, 3.05) is 20.2 Å². The van der Waals surface area contributed by atoms with Crippen molar-refractivity contribution in [1.82, 2.24) is 5.32 Å². The molecule has 2 atom stereocenters. The molecule has 0 aromatic heterocycles. The first-order valence-electron chi connectivity index (χ1n) is 6.74. The number of rotatable bonds is 4. The molecule has 2 N–H and O–H groups in total. The second-order valence-electron chi connectivity index (χ2n) is 5.15. The number of piperidine rings is 1. The molecule has 1 fully saturated rings. The van der Waals surface area contributed by atoms with Gasteiger partial charge in [0.2, 0.25) is 0 Å². The van der Waals surface area contributed by atoms with Gasteiger partial charge in [-0.25, -0.2) is 0 Å². The number of benzene rings is 1. The summed E-state index contributed by atoms with van der Waals surface area (Å²) in [7, 11) is 1.68. The van der Waals surface area contributed by atoms with E-state index in [-0.39, 0.29) is 0 Å². The lowest BCUT2D eigenvalue weighted by Crippen LogP contribution is -2.51. The Bertz CT molecular complexity index is 394. The van der Waals surface area contributed by atoms with Crippen molar-refractivity contribution < 1.29 is 9.84 Å². The SMILES string of the molecule is CCC1CNCCC1(O)Cc1ccccc1OC. The number of aliphatic hydroxyl groups is 1. The van der Waals surface area contributed by atoms with Gasteiger partial charge in [-0.15, -0.1) is 0 Å². The van der Waals surface area contributed by atoms with Crippen molar-refractivity contribution in [2.24, 2.45) is 5.92 Å². The fraction of sp³-hybridized carbons (Fsp3) is 0.600. The summed E-state index contributed by atoms with van der Waals surface area (Å²) in [6, 6.07) is 7.97. The molecule has 1 aliphatic rings. The van der Waals surface area contributed by atoms with Crippen LogP contribution < -0.4 is 10.1 Å². The van der Waals surface area contributed by atoms with Crippen LogP contribution in [0.15, 0.2) is 24.3 Å². The smallest absolute Gasteiger partial charge is 0.122 e. The van der Waals surface area contributed by atoms with Gasteiger partial charge in [0, 0.05) is 18.9 Å². The molecular weight excluding hydrogens is 226 g/mol. The van der Waals surface area contributed by atoms with Crippen LogP contribution in [0.1, 0.15) is 25.3 Å². The molecule has 0 saturated carbocycles. The molecule has 0 aliphatic carbocycles. The van der Waals surface area contributed by atoms with E-state index >= 15 is 0 Å². The molecule has 0 bridgehead atoms. The monoisotopic (exact) mass is 249 g/mol. The van der Waals surface area contributed by atoms with E-state index < -0.39 is 5.60 Å². The average molecular weight is 249 g/mol. The Morgan fingerprint density at radius 1 is 1.44 bits per heavy atom. The molecule has 2 rings (SSSR count). The Labute approximate surface area is 109 Å². The van der Waals surface area contributed by atoms with E-state index in [1.807, 2.05) is 24.3 Å². The van der Waals surface area contributed by atoms with Crippen LogP contribution >= 0.6 is 0 Å². The second kappa shape index (κ2) is 5.72. The molecule has 18 heavy (non-hydrogen) atoms. The number of nitrogens with one attached hydrogen (secondary N) is 1. The maximum Gasteiger partial charge on any atom is 0.122 e. The van der Waals surface area contributed by atoms with E-state index in [1.165, 1.54) is 0 Å². The van der Waals surface area contributed by atoms with Gasteiger partial charge in [-0.1, -0.05) is 25.1 Å². The number of hydrogen-bond acceptors (Lipinski definition) is 3. The minimum atomic E-state index is -0.603. The van der Waals surface area contributed by atoms with Crippen LogP contribution in [0.25, 0.3) is 0 Å². The Hall–Kier alpha value is -1.06. The minimum absolute atomic E-state index is 0.316. The quantitative estimate of drug-likeness (QED) is 0.857. The molecule has 100 valence electrons. The van der Waals surface area contributed by atoms with Gasteiger partial charge < -0.3 is 15.2 Å². The second-order valence-corrected chi connectivity index (χ2v) is 5.15. The van der Waals surface area contributed by atoms with E-state index in [2.05, 4.69) is 12.2 Å². The highest BCUT2D eigenvalue weighted by atomic mass is 16.5. The van der Waals surface area contributed by atoms with Gasteiger partial charge in [0.25, 0.3) is 0 Å². The Balaban J connectivity index is 2.20. The van der Waals surface area contributed by atoms with Gasteiger partial charge in [0.1, 0.15) is 5.75 Å². The summed E-state index contributed by atoms with van der Waals surface area (Å²) >= 11 is 0. The highest BCUT2D eigenvalue weighted by Gasteiger charge is 2.38. The number of ether oxygens (including phenoxy) is 1. The minimum Gasteiger partial charge on any atom is -0.496 e. The maximum atomic E-state index is 10.9. The van der Waals surface area contributed by atoms with E-state index in [0.29, 0.717) is 12.3 Å². The zero-order valence-corrected chi connectivity index (χ0v) is 11.3. The van der Waals surface area contributed by atoms with Gasteiger partial charge in [-0.3, -0.25) is 0 Å². The molecule has 1 heterocycles. The summed E-state index contributed by atoms with van der Waals surface area (Å²) in [6.45, 7) is 3.94. The van der Waals surface area contributed by atoms with Crippen molar-refractivity contribution in [2.45, 2.75) is 31.8 Å². The lowest BCUT2D eigenvalue weighted by Gasteiger charge is -2.40. The van der Waals surface area contributed by atoms with Crippen molar-refractivity contribution in [3.05, 3.63) is 29.8 Å². The zero-order chi connectivity index (χ0) is 13.0. The molecule has 2 unspecified atom stereocenters. The number of para-hydroxylation sites is 1. The maximum absolute atomic E-state index is 10.9. The van der Waals surface area contributed by atoms with E-state index in [9.17, 15) is 5.11 Å². The highest BCUT2D eigenvalue weighted by molar-refractivity contribution is 5.34. The van der Waals surface area contributed by atoms with E-state index in [4.69, 9.17) is 4.74 Å². The fourth-order valence-corrected chi connectivity index (χ4v) is 2.91. The first-order chi connectivity index (χ1) is 8.69. The van der Waals surface area contributed by atoms with Gasteiger partial charge in [0.15, 0.2) is 0 Å². The number of hydrogen-bond donors (Lipinski definition) is 2. The molecule has 0 spiro atoms. The zero-order valence-electron chi connectivity index (χ0n) is 11.3. The summed E-state index contributed by atoms with van der Waals surface area (Å²) in [4.78, 5) is 0. The van der Waals surface area contributed by atoms with Crippen LogP contribution in [0.3, 0.4) is 0 Å². The summed E-state index contributed by atoms with van der Waals surface area (Å²) in [5, 5.41) is 14.3. The van der Waals surface area contributed by atoms with E-state index in [1.54, 1.807) is 7.11 Å². The lowest BCUT2D eigenvalue weighted by atomic mass is 9.76. The topological polar surface area (TPSA) is 41.5 Å². The summed E-state index contributed by atoms with van der Waals surface area (Å²) in [5.74, 6) is 1.19. The Morgan fingerprint density at radius 3 is 2.94 bits per heavy atom. The summed E-state index contributed by atoms with van der Waals surface area (Å²) in [6.07, 6.45) is 2.49. The summed E-state index contributed by atoms with van der Waals surface area (Å²) in [5.41, 5.74) is 0.497. The standard InChI is InChI=1S/C15H23NO2/c1-3-13-11-16-9-8-15(13,17)10-12-6-4-5-7-14(12)18-2/h4-7,13,16-17H,3,8-11H2,1-2H3. The van der Waals surface area contributed by atoms with Crippen molar-refractivity contribution in [3.8, 4) is 5.75 Å². The normalized spacial score (nSPS) is 28.1. The van der Waals surface area contributed by atoms with Crippen LogP contribution in [-0.4, -0.2) is 30.9 Å². The van der Waals surface area contributed by atoms with Gasteiger partial charge in [0.05, 0.1) is 12.7 Å². The van der Waals surface area contributed by atoms with Crippen LogP contribution in [0.4, 0.5) is 0 Å². The third-order valence-electron chi connectivity index (χ3n) is 4.07. The molecule has 3 heteroatoms. The highest BCUT2D eigenvalue weighted by Crippen LogP contribution is 2.33. The fourth-order valence-electron chi connectivity index (χ4n) is 2.91. The third kappa shape index (κ3) is 2.68. The molecular formula is C15H23NO2. The van der Waals surface area contributed by atoms with Crippen LogP contribution in [0.2, 0.25) is 0 Å². The predicted octanol–water partition coefficient (Wildman–Crippen LogP) is 1.99. The van der Waals surface area contributed by atoms with Gasteiger partial charge >= 0.3 is 0 Å². The Morgan fingerprint density at radius 2 is 2.22 bits per heavy atom. The molecule has 3 nitrogen and oxygen atoms in total. The molecule has 1 aromatic carbocycles. The molecule has 1 aliphatic heterocycles. The largest absolute Gasteiger partial charge is 0.496 e. The predicted molar refractivity (Wildman–Crippen MR) is 72.9 cm³/mol. The summed E-state index contributed by atoms with van der Waals surface area (Å²) < 4.78 is 5.37. The van der Waals surface area contributed by atoms with Crippen molar-refractivity contribution in [1.29, 1.82) is 0 Å². The first kappa shape index (κ1) is 13.4. The van der Waals surface area contributed by atoms with Gasteiger partial charge in [-0.2, -0.15) is 0 Å². The first-order valence-corrected chi connectivity index (χ1v) is 6.74. The van der Waals surface area contributed by atoms with E-state index in [0.717, 1.165) is 37.2 Å². The van der Waals surface area contributed by atoms with Crippen LogP contribution in [0.5, 0.6) is 5.75 Å². The Kier molecular flexibility index (Phi) is 4.25. The molecule has 0 amide bonds. The van der Waals surface area contributed by atoms with Crippen molar-refractivity contribution in [3.63, 3.8) is 0 Å². The van der Waals surface area contributed by atoms with Crippen LogP contribution in [-0.2, 0) is 6.42 Å². The van der Waals surface area contributed by atoms with Gasteiger partial charge in [-0.05, 0) is 31.0 Å². The third-order valence-corrected chi connectivity index (χ3v) is 4.07. The van der Waals surface area contributed by atoms with Crippen LogP contribution in [0, 0.1) is 5.92 Å². The molecule has 1 saturated heterocycles. The average Bonchev–Trinajstić information content (AvgIpc) is 2.39. The molecule has 0 radical (unpaired) electrons. The number of methoxy groups -OCH3 is 1. The molecule has 1 aromatic rings. The lowest BCUT2D eigenvalue weighted by molar-refractivity contribution is -0.0417.